The number of halogens is 1. The number of esters is 1. The quantitative estimate of drug-likeness (QED) is 0.811. The van der Waals surface area contributed by atoms with Gasteiger partial charge in [0.1, 0.15) is 11.5 Å². The van der Waals surface area contributed by atoms with Crippen molar-refractivity contribution >= 4 is 23.5 Å². The van der Waals surface area contributed by atoms with Crippen LogP contribution in [0.1, 0.15) is 29.9 Å². The van der Waals surface area contributed by atoms with E-state index < -0.39 is 18.2 Å². The number of benzene rings is 2. The standard InChI is InChI=1S/C20H18ClNO5/c1-11(23)26-19(20(24)25)22-9-15-13-4-2-3-5-17(13)27-18-7-6-12(21)8-14(18)16(15)10-22/h2-8,15-16,19H,9-10H2,1H3,(H,24,25). The minimum Gasteiger partial charge on any atom is -0.477 e. The molecule has 140 valence electrons. The molecule has 7 heteroatoms. The molecule has 4 rings (SSSR count). The Labute approximate surface area is 161 Å². The first-order valence-electron chi connectivity index (χ1n) is 8.64. The van der Waals surface area contributed by atoms with Gasteiger partial charge in [-0.2, -0.15) is 0 Å². The first kappa shape index (κ1) is 17.8. The molecular formula is C20H18ClNO5. The summed E-state index contributed by atoms with van der Waals surface area (Å²) in [5.41, 5.74) is 1.93. The van der Waals surface area contributed by atoms with E-state index in [1.807, 2.05) is 36.4 Å². The predicted molar refractivity (Wildman–Crippen MR) is 98.2 cm³/mol. The lowest BCUT2D eigenvalue weighted by molar-refractivity contribution is -0.174. The number of carboxylic acids is 1. The topological polar surface area (TPSA) is 76.1 Å². The van der Waals surface area contributed by atoms with Crippen molar-refractivity contribution in [2.45, 2.75) is 25.0 Å². The zero-order valence-corrected chi connectivity index (χ0v) is 15.3. The van der Waals surface area contributed by atoms with E-state index in [1.165, 1.54) is 6.92 Å². The number of ether oxygens (including phenoxy) is 2. The number of nitrogens with zero attached hydrogens (tertiary/aromatic N) is 1. The Morgan fingerprint density at radius 2 is 1.81 bits per heavy atom. The average molecular weight is 388 g/mol. The van der Waals surface area contributed by atoms with Crippen LogP contribution in [-0.2, 0) is 14.3 Å². The Balaban J connectivity index is 1.78. The van der Waals surface area contributed by atoms with E-state index in [0.29, 0.717) is 23.9 Å². The zero-order valence-electron chi connectivity index (χ0n) is 14.6. The molecule has 2 aliphatic rings. The second-order valence-corrected chi connectivity index (χ2v) is 7.23. The lowest BCUT2D eigenvalue weighted by atomic mass is 9.84. The average Bonchev–Trinajstić information content (AvgIpc) is 3.01. The molecule has 0 radical (unpaired) electrons. The lowest BCUT2D eigenvalue weighted by Crippen LogP contribution is -2.43. The second kappa shape index (κ2) is 6.87. The van der Waals surface area contributed by atoms with Crippen LogP contribution in [0.2, 0.25) is 5.02 Å². The van der Waals surface area contributed by atoms with Crippen LogP contribution in [0, 0.1) is 0 Å². The van der Waals surface area contributed by atoms with Gasteiger partial charge in [0, 0.05) is 42.4 Å². The van der Waals surface area contributed by atoms with Crippen LogP contribution in [-0.4, -0.2) is 41.3 Å². The van der Waals surface area contributed by atoms with Gasteiger partial charge in [-0.05, 0) is 29.8 Å². The normalized spacial score (nSPS) is 21.9. The number of likely N-dealkylation sites (tertiary alicyclic amines) is 1. The molecule has 1 saturated heterocycles. The van der Waals surface area contributed by atoms with E-state index in [2.05, 4.69) is 0 Å². The van der Waals surface area contributed by atoms with Gasteiger partial charge < -0.3 is 14.6 Å². The van der Waals surface area contributed by atoms with Crippen molar-refractivity contribution in [1.82, 2.24) is 4.90 Å². The third-order valence-electron chi connectivity index (χ3n) is 5.08. The molecule has 0 bridgehead atoms. The largest absolute Gasteiger partial charge is 0.477 e. The maximum Gasteiger partial charge on any atom is 0.360 e. The lowest BCUT2D eigenvalue weighted by Gasteiger charge is -2.24. The van der Waals surface area contributed by atoms with Crippen molar-refractivity contribution in [3.63, 3.8) is 0 Å². The van der Waals surface area contributed by atoms with Crippen LogP contribution < -0.4 is 4.74 Å². The van der Waals surface area contributed by atoms with Gasteiger partial charge in [-0.1, -0.05) is 29.8 Å². The van der Waals surface area contributed by atoms with Gasteiger partial charge in [0.05, 0.1) is 0 Å². The highest BCUT2D eigenvalue weighted by Gasteiger charge is 2.44. The Bertz CT molecular complexity index is 915. The summed E-state index contributed by atoms with van der Waals surface area (Å²) >= 11 is 6.22. The molecule has 6 nitrogen and oxygen atoms in total. The van der Waals surface area contributed by atoms with Crippen molar-refractivity contribution in [3.05, 3.63) is 58.6 Å². The summed E-state index contributed by atoms with van der Waals surface area (Å²) < 4.78 is 11.2. The van der Waals surface area contributed by atoms with E-state index in [4.69, 9.17) is 21.1 Å². The number of para-hydroxylation sites is 1. The highest BCUT2D eigenvalue weighted by Crippen LogP contribution is 2.50. The number of carbonyl (C=O) groups is 2. The van der Waals surface area contributed by atoms with Crippen LogP contribution >= 0.6 is 11.6 Å². The molecule has 0 aliphatic carbocycles. The number of fused-ring (bicyclic) bond motifs is 5. The van der Waals surface area contributed by atoms with Crippen LogP contribution in [0.3, 0.4) is 0 Å². The number of carbonyl (C=O) groups excluding carboxylic acids is 1. The third kappa shape index (κ3) is 3.26. The molecular weight excluding hydrogens is 370 g/mol. The van der Waals surface area contributed by atoms with Gasteiger partial charge in [0.25, 0.3) is 6.23 Å². The van der Waals surface area contributed by atoms with Gasteiger partial charge in [-0.25, -0.2) is 4.79 Å². The number of hydrogen-bond donors (Lipinski definition) is 1. The number of rotatable bonds is 3. The molecule has 0 aromatic heterocycles. The summed E-state index contributed by atoms with van der Waals surface area (Å²) in [6.45, 7) is 2.06. The molecule has 2 aromatic carbocycles. The van der Waals surface area contributed by atoms with E-state index in [-0.39, 0.29) is 11.8 Å². The van der Waals surface area contributed by atoms with E-state index in [0.717, 1.165) is 16.9 Å². The molecule has 2 aliphatic heterocycles. The molecule has 3 unspecified atom stereocenters. The first-order chi connectivity index (χ1) is 12.9. The summed E-state index contributed by atoms with van der Waals surface area (Å²) in [4.78, 5) is 24.7. The molecule has 3 atom stereocenters. The van der Waals surface area contributed by atoms with Crippen molar-refractivity contribution in [2.24, 2.45) is 0 Å². The van der Waals surface area contributed by atoms with E-state index >= 15 is 0 Å². The number of hydrogen-bond acceptors (Lipinski definition) is 5. The molecule has 0 saturated carbocycles. The summed E-state index contributed by atoms with van der Waals surface area (Å²) in [7, 11) is 0. The van der Waals surface area contributed by atoms with Crippen LogP contribution in [0.25, 0.3) is 0 Å². The van der Waals surface area contributed by atoms with Gasteiger partial charge in [-0.3, -0.25) is 9.69 Å². The fourth-order valence-corrected chi connectivity index (χ4v) is 4.18. The summed E-state index contributed by atoms with van der Waals surface area (Å²) in [5.74, 6) is -0.382. The molecule has 0 spiro atoms. The minimum absolute atomic E-state index is 0.00155. The zero-order chi connectivity index (χ0) is 19.1. The summed E-state index contributed by atoms with van der Waals surface area (Å²) in [6.07, 6.45) is -1.31. The van der Waals surface area contributed by atoms with Crippen molar-refractivity contribution in [1.29, 1.82) is 0 Å². The van der Waals surface area contributed by atoms with Gasteiger partial charge >= 0.3 is 11.9 Å². The SMILES string of the molecule is CC(=O)OC(C(=O)O)N1CC2c3ccccc3Oc3ccc(Cl)cc3C2C1. The van der Waals surface area contributed by atoms with Gasteiger partial charge in [0.2, 0.25) is 0 Å². The van der Waals surface area contributed by atoms with Gasteiger partial charge in [-0.15, -0.1) is 0 Å². The molecule has 2 heterocycles. The van der Waals surface area contributed by atoms with E-state index in [9.17, 15) is 14.7 Å². The van der Waals surface area contributed by atoms with Crippen LogP contribution in [0.5, 0.6) is 11.5 Å². The smallest absolute Gasteiger partial charge is 0.360 e. The maximum absolute atomic E-state index is 11.7. The first-order valence-corrected chi connectivity index (χ1v) is 9.02. The fourth-order valence-electron chi connectivity index (χ4n) is 3.99. The number of aliphatic carboxylic acids is 1. The highest BCUT2D eigenvalue weighted by molar-refractivity contribution is 6.30. The molecule has 1 fully saturated rings. The molecule has 2 aromatic rings. The second-order valence-electron chi connectivity index (χ2n) is 6.79. The molecule has 0 amide bonds. The minimum atomic E-state index is -1.31. The van der Waals surface area contributed by atoms with E-state index in [1.54, 1.807) is 11.0 Å². The Kier molecular flexibility index (Phi) is 4.53. The summed E-state index contributed by atoms with van der Waals surface area (Å²) in [5, 5.41) is 10.1. The van der Waals surface area contributed by atoms with Gasteiger partial charge in [0.15, 0.2) is 0 Å². The molecule has 27 heavy (non-hydrogen) atoms. The van der Waals surface area contributed by atoms with Crippen molar-refractivity contribution in [3.8, 4) is 11.5 Å². The summed E-state index contributed by atoms with van der Waals surface area (Å²) in [6, 6.07) is 13.2. The third-order valence-corrected chi connectivity index (χ3v) is 5.31. The van der Waals surface area contributed by atoms with Crippen LogP contribution in [0.4, 0.5) is 0 Å². The Hall–Kier alpha value is -2.57. The maximum atomic E-state index is 11.7. The highest BCUT2D eigenvalue weighted by atomic mass is 35.5. The molecule has 1 N–H and O–H groups in total. The van der Waals surface area contributed by atoms with Crippen molar-refractivity contribution < 1.29 is 24.2 Å². The number of carboxylic acid groups (broad SMARTS) is 1. The predicted octanol–water partition coefficient (Wildman–Crippen LogP) is 3.60. The fraction of sp³-hybridized carbons (Fsp3) is 0.300. The Morgan fingerprint density at radius 1 is 1.15 bits per heavy atom. The Morgan fingerprint density at radius 3 is 2.52 bits per heavy atom. The monoisotopic (exact) mass is 387 g/mol. The van der Waals surface area contributed by atoms with Crippen molar-refractivity contribution in [2.75, 3.05) is 13.1 Å². The van der Waals surface area contributed by atoms with Crippen LogP contribution in [0.15, 0.2) is 42.5 Å².